The molecule has 1 aromatic heterocycles. The summed E-state index contributed by atoms with van der Waals surface area (Å²) >= 11 is 0. The van der Waals surface area contributed by atoms with E-state index in [4.69, 9.17) is 4.74 Å². The molecule has 1 aromatic rings. The van der Waals surface area contributed by atoms with Gasteiger partial charge in [0.25, 0.3) is 0 Å². The van der Waals surface area contributed by atoms with E-state index in [0.717, 1.165) is 44.6 Å². The van der Waals surface area contributed by atoms with Crippen LogP contribution in [0.3, 0.4) is 0 Å². The summed E-state index contributed by atoms with van der Waals surface area (Å²) in [6.45, 7) is 14.1. The molecule has 0 saturated carbocycles. The number of carbonyl (C=O) groups is 1. The summed E-state index contributed by atoms with van der Waals surface area (Å²) in [5.74, 6) is 2.11. The number of rotatable bonds is 11. The Labute approximate surface area is 209 Å². The molecular weight excluding hydrogens is 521 g/mol. The highest BCUT2D eigenvalue weighted by atomic mass is 127. The maximum absolute atomic E-state index is 12.6. The number of halogens is 1. The largest absolute Gasteiger partial charge is 0.378 e. The number of ether oxygens (including phenoxy) is 1. The summed E-state index contributed by atoms with van der Waals surface area (Å²) in [6, 6.07) is 1.81. The molecule has 2 rings (SSSR count). The van der Waals surface area contributed by atoms with E-state index in [0.29, 0.717) is 38.5 Å². The van der Waals surface area contributed by atoms with Crippen molar-refractivity contribution >= 4 is 41.8 Å². The number of guanidine groups is 1. The van der Waals surface area contributed by atoms with Gasteiger partial charge >= 0.3 is 0 Å². The van der Waals surface area contributed by atoms with Crippen LogP contribution in [0.4, 0.5) is 5.95 Å². The molecule has 9 nitrogen and oxygen atoms in total. The van der Waals surface area contributed by atoms with Crippen molar-refractivity contribution in [2.45, 2.75) is 46.6 Å². The quantitative estimate of drug-likeness (QED) is 0.243. The molecule has 32 heavy (non-hydrogen) atoms. The summed E-state index contributed by atoms with van der Waals surface area (Å²) in [4.78, 5) is 29.8. The van der Waals surface area contributed by atoms with Gasteiger partial charge in [-0.05, 0) is 32.3 Å². The number of aliphatic imine (C=N–C) groups is 1. The second-order valence-electron chi connectivity index (χ2n) is 7.88. The number of aromatic nitrogens is 2. The van der Waals surface area contributed by atoms with Gasteiger partial charge in [-0.1, -0.05) is 13.8 Å². The van der Waals surface area contributed by atoms with E-state index in [2.05, 4.69) is 44.3 Å². The van der Waals surface area contributed by atoms with Gasteiger partial charge in [-0.15, -0.1) is 24.0 Å². The standard InChI is InChI=1S/C22H39N7O2.HI/c1-5-23-21(24-12-8-19(18(3)4)31-6-2)25-13-9-20(30)28-14-16-29(17-15-28)22-26-10-7-11-27-22;/h7,10-11,18-19H,5-6,8-9,12-17H2,1-4H3,(H2,23,24,25);1H. The van der Waals surface area contributed by atoms with E-state index < -0.39 is 0 Å². The lowest BCUT2D eigenvalue weighted by molar-refractivity contribution is -0.131. The average Bonchev–Trinajstić information content (AvgIpc) is 2.79. The molecular formula is C22H40IN7O2. The first-order valence-electron chi connectivity index (χ1n) is 11.5. The molecule has 10 heteroatoms. The fourth-order valence-corrected chi connectivity index (χ4v) is 3.52. The Morgan fingerprint density at radius 2 is 1.84 bits per heavy atom. The number of carbonyl (C=O) groups excluding carboxylic acids is 1. The first kappa shape index (κ1) is 28.3. The molecule has 0 aromatic carbocycles. The number of piperazine rings is 1. The van der Waals surface area contributed by atoms with Gasteiger partial charge in [0.15, 0.2) is 5.96 Å². The van der Waals surface area contributed by atoms with Crippen LogP contribution in [0.25, 0.3) is 0 Å². The Hall–Kier alpha value is -1.69. The minimum Gasteiger partial charge on any atom is -0.378 e. The molecule has 0 spiro atoms. The van der Waals surface area contributed by atoms with E-state index in [-0.39, 0.29) is 36.0 Å². The lowest BCUT2D eigenvalue weighted by Crippen LogP contribution is -2.50. The topological polar surface area (TPSA) is 95.0 Å². The zero-order chi connectivity index (χ0) is 22.5. The minimum absolute atomic E-state index is 0. The van der Waals surface area contributed by atoms with E-state index in [1.165, 1.54) is 0 Å². The fraction of sp³-hybridized carbons (Fsp3) is 0.727. The molecule has 1 aliphatic rings. The first-order chi connectivity index (χ1) is 15.0. The third-order valence-corrected chi connectivity index (χ3v) is 5.25. The Bertz CT molecular complexity index is 668. The minimum atomic E-state index is 0. The van der Waals surface area contributed by atoms with Crippen LogP contribution in [0.15, 0.2) is 23.5 Å². The van der Waals surface area contributed by atoms with Crippen LogP contribution in [0.5, 0.6) is 0 Å². The zero-order valence-electron chi connectivity index (χ0n) is 19.9. The number of anilines is 1. The first-order valence-corrected chi connectivity index (χ1v) is 11.5. The van der Waals surface area contributed by atoms with Crippen LogP contribution in [0, 0.1) is 5.92 Å². The second-order valence-corrected chi connectivity index (χ2v) is 7.88. The van der Waals surface area contributed by atoms with Crippen LogP contribution in [-0.4, -0.2) is 85.3 Å². The predicted molar refractivity (Wildman–Crippen MR) is 140 cm³/mol. The third kappa shape index (κ3) is 9.85. The van der Waals surface area contributed by atoms with E-state index in [1.807, 2.05) is 24.8 Å². The van der Waals surface area contributed by atoms with Gasteiger partial charge in [-0.2, -0.15) is 0 Å². The van der Waals surface area contributed by atoms with Crippen molar-refractivity contribution in [1.82, 2.24) is 25.5 Å². The van der Waals surface area contributed by atoms with Gasteiger partial charge < -0.3 is 25.2 Å². The summed E-state index contributed by atoms with van der Waals surface area (Å²) < 4.78 is 5.79. The number of amides is 1. The van der Waals surface area contributed by atoms with Gasteiger partial charge in [0.05, 0.1) is 6.10 Å². The van der Waals surface area contributed by atoms with Crippen molar-refractivity contribution in [2.75, 3.05) is 57.3 Å². The van der Waals surface area contributed by atoms with Crippen molar-refractivity contribution in [3.05, 3.63) is 18.5 Å². The Morgan fingerprint density at radius 3 is 2.44 bits per heavy atom. The van der Waals surface area contributed by atoms with Gasteiger partial charge in [0.1, 0.15) is 0 Å². The summed E-state index contributed by atoms with van der Waals surface area (Å²) in [7, 11) is 0. The monoisotopic (exact) mass is 561 g/mol. The van der Waals surface area contributed by atoms with Crippen molar-refractivity contribution in [1.29, 1.82) is 0 Å². The molecule has 0 bridgehead atoms. The van der Waals surface area contributed by atoms with Gasteiger partial charge in [-0.25, -0.2) is 9.97 Å². The molecule has 1 amide bonds. The number of hydrogen-bond acceptors (Lipinski definition) is 6. The molecule has 182 valence electrons. The molecule has 1 aliphatic heterocycles. The lowest BCUT2D eigenvalue weighted by Gasteiger charge is -2.34. The van der Waals surface area contributed by atoms with Crippen molar-refractivity contribution < 1.29 is 9.53 Å². The van der Waals surface area contributed by atoms with Crippen LogP contribution in [0.2, 0.25) is 0 Å². The average molecular weight is 562 g/mol. The zero-order valence-corrected chi connectivity index (χ0v) is 22.2. The maximum Gasteiger partial charge on any atom is 0.225 e. The number of hydrogen-bond donors (Lipinski definition) is 2. The highest BCUT2D eigenvalue weighted by molar-refractivity contribution is 14.0. The van der Waals surface area contributed by atoms with Crippen LogP contribution in [0.1, 0.15) is 40.5 Å². The molecule has 2 N–H and O–H groups in total. The van der Waals surface area contributed by atoms with Crippen molar-refractivity contribution in [3.8, 4) is 0 Å². The van der Waals surface area contributed by atoms with Gasteiger partial charge in [0, 0.05) is 71.2 Å². The Kier molecular flexibility index (Phi) is 14.2. The number of nitrogens with zero attached hydrogens (tertiary/aromatic N) is 5. The molecule has 1 atom stereocenters. The van der Waals surface area contributed by atoms with Crippen molar-refractivity contribution in [3.63, 3.8) is 0 Å². The van der Waals surface area contributed by atoms with Gasteiger partial charge in [0.2, 0.25) is 11.9 Å². The number of nitrogens with one attached hydrogen (secondary N) is 2. The summed E-state index contributed by atoms with van der Waals surface area (Å²) in [5, 5.41) is 6.53. The molecule has 0 aliphatic carbocycles. The molecule has 1 fully saturated rings. The lowest BCUT2D eigenvalue weighted by atomic mass is 10.0. The molecule has 0 radical (unpaired) electrons. The Morgan fingerprint density at radius 1 is 1.16 bits per heavy atom. The maximum atomic E-state index is 12.6. The molecule has 2 heterocycles. The van der Waals surface area contributed by atoms with Crippen LogP contribution >= 0.6 is 24.0 Å². The smallest absolute Gasteiger partial charge is 0.225 e. The van der Waals surface area contributed by atoms with Crippen LogP contribution in [-0.2, 0) is 9.53 Å². The highest BCUT2D eigenvalue weighted by Crippen LogP contribution is 2.11. The third-order valence-electron chi connectivity index (χ3n) is 5.25. The van der Waals surface area contributed by atoms with E-state index in [9.17, 15) is 4.79 Å². The van der Waals surface area contributed by atoms with E-state index in [1.54, 1.807) is 12.4 Å². The molecule has 1 unspecified atom stereocenters. The summed E-state index contributed by atoms with van der Waals surface area (Å²) in [6.07, 6.45) is 5.04. The molecule has 1 saturated heterocycles. The van der Waals surface area contributed by atoms with E-state index >= 15 is 0 Å². The normalized spacial score (nSPS) is 15.3. The highest BCUT2D eigenvalue weighted by Gasteiger charge is 2.22. The van der Waals surface area contributed by atoms with Crippen LogP contribution < -0.4 is 15.5 Å². The Balaban J connectivity index is 0.00000512. The SMILES string of the molecule is CCNC(=NCCC(OCC)C(C)C)NCCC(=O)N1CCN(c2ncccn2)CC1.I. The predicted octanol–water partition coefficient (Wildman–Crippen LogP) is 2.14. The van der Waals surface area contributed by atoms with Crippen molar-refractivity contribution in [2.24, 2.45) is 10.9 Å². The van der Waals surface area contributed by atoms with Gasteiger partial charge in [-0.3, -0.25) is 9.79 Å². The second kappa shape index (κ2) is 16.0. The fourth-order valence-electron chi connectivity index (χ4n) is 3.52. The summed E-state index contributed by atoms with van der Waals surface area (Å²) in [5.41, 5.74) is 0.